The summed E-state index contributed by atoms with van der Waals surface area (Å²) in [7, 11) is 2.62. The van der Waals surface area contributed by atoms with E-state index >= 15 is 0 Å². The van der Waals surface area contributed by atoms with Crippen molar-refractivity contribution in [2.75, 3.05) is 14.2 Å². The highest BCUT2D eigenvalue weighted by Crippen LogP contribution is 2.65. The average molecular weight is 466 g/mol. The van der Waals surface area contributed by atoms with Gasteiger partial charge in [-0.1, -0.05) is 54.1 Å². The van der Waals surface area contributed by atoms with Gasteiger partial charge >= 0.3 is 5.97 Å². The predicted octanol–water partition coefficient (Wildman–Crippen LogP) is 3.37. The first-order valence-corrected chi connectivity index (χ1v) is 10.6. The van der Waals surface area contributed by atoms with Gasteiger partial charge in [-0.25, -0.2) is 0 Å². The number of carbonyl (C=O) groups is 2. The lowest BCUT2D eigenvalue weighted by molar-refractivity contribution is -0.162. The molecule has 0 amide bonds. The van der Waals surface area contributed by atoms with Crippen LogP contribution in [0.4, 0.5) is 0 Å². The molecule has 1 fully saturated rings. The third-order valence-electron chi connectivity index (χ3n) is 6.54. The Morgan fingerprint density at radius 2 is 1.79 bits per heavy atom. The monoisotopic (exact) mass is 465 g/mol. The van der Waals surface area contributed by atoms with Crippen LogP contribution < -0.4 is 9.47 Å². The number of aromatic nitrogens is 1. The lowest BCUT2D eigenvalue weighted by Gasteiger charge is -2.39. The number of carbonyl (C=O) groups excluding carboxylic acids is 2. The molecule has 168 valence electrons. The maximum atomic E-state index is 14.3. The Bertz CT molecular complexity index is 1250. The first kappa shape index (κ1) is 21.4. The van der Waals surface area contributed by atoms with Crippen molar-refractivity contribution in [1.82, 2.24) is 4.98 Å². The molecule has 2 bridgehead atoms. The van der Waals surface area contributed by atoms with Crippen molar-refractivity contribution in [2.24, 2.45) is 5.92 Å². The maximum absolute atomic E-state index is 14.3. The third-order valence-corrected chi connectivity index (χ3v) is 6.79. The zero-order chi connectivity index (χ0) is 23.4. The molecule has 5 rings (SSSR count). The van der Waals surface area contributed by atoms with Gasteiger partial charge in [0.2, 0.25) is 11.4 Å². The Morgan fingerprint density at radius 1 is 1.09 bits per heavy atom. The summed E-state index contributed by atoms with van der Waals surface area (Å²) in [6.07, 6.45) is 2.77. The second-order valence-corrected chi connectivity index (χ2v) is 8.48. The quantitative estimate of drug-likeness (QED) is 0.590. The summed E-state index contributed by atoms with van der Waals surface area (Å²) in [6, 6.07) is 15.6. The molecule has 1 aliphatic carbocycles. The predicted molar refractivity (Wildman–Crippen MR) is 118 cm³/mol. The minimum atomic E-state index is -2.28. The van der Waals surface area contributed by atoms with E-state index in [4.69, 9.17) is 25.8 Å². The van der Waals surface area contributed by atoms with E-state index in [1.165, 1.54) is 26.6 Å². The number of fused-ring (bicyclic) bond motifs is 4. The van der Waals surface area contributed by atoms with Gasteiger partial charge in [0, 0.05) is 10.6 Å². The van der Waals surface area contributed by atoms with Crippen molar-refractivity contribution in [3.8, 4) is 11.5 Å². The van der Waals surface area contributed by atoms with Gasteiger partial charge in [-0.3, -0.25) is 14.6 Å². The van der Waals surface area contributed by atoms with Crippen LogP contribution >= 0.6 is 11.6 Å². The van der Waals surface area contributed by atoms with E-state index in [0.717, 1.165) is 0 Å². The van der Waals surface area contributed by atoms with Crippen molar-refractivity contribution >= 4 is 23.4 Å². The van der Waals surface area contributed by atoms with Crippen molar-refractivity contribution < 1.29 is 28.9 Å². The zero-order valence-corrected chi connectivity index (χ0v) is 18.6. The van der Waals surface area contributed by atoms with Gasteiger partial charge in [0.05, 0.1) is 38.1 Å². The number of benzene rings is 2. The minimum Gasteiger partial charge on any atom is -0.495 e. The second kappa shape index (κ2) is 7.57. The molecule has 2 unspecified atom stereocenters. The van der Waals surface area contributed by atoms with Crippen LogP contribution in [0.1, 0.15) is 22.6 Å². The highest BCUT2D eigenvalue weighted by Gasteiger charge is 2.77. The Labute approximate surface area is 194 Å². The summed E-state index contributed by atoms with van der Waals surface area (Å²) in [5.74, 6) is -3.37. The molecule has 7 nitrogen and oxygen atoms in total. The smallest absolute Gasteiger partial charge is 0.313 e. The number of nitrogens with zero attached hydrogens (tertiary/aromatic N) is 1. The van der Waals surface area contributed by atoms with Gasteiger partial charge in [0.15, 0.2) is 5.60 Å². The number of esters is 1. The van der Waals surface area contributed by atoms with E-state index in [1.54, 1.807) is 48.5 Å². The normalized spacial score (nSPS) is 27.5. The first-order valence-electron chi connectivity index (χ1n) is 10.3. The average Bonchev–Trinajstić information content (AvgIpc) is 2.96. The maximum Gasteiger partial charge on any atom is 0.313 e. The molecule has 1 aliphatic heterocycles. The van der Waals surface area contributed by atoms with Gasteiger partial charge < -0.3 is 19.3 Å². The van der Waals surface area contributed by atoms with Crippen LogP contribution in [0, 0.1) is 5.92 Å². The Hall–Kier alpha value is -3.42. The summed E-state index contributed by atoms with van der Waals surface area (Å²) in [5.41, 5.74) is -2.88. The zero-order valence-electron chi connectivity index (χ0n) is 17.8. The van der Waals surface area contributed by atoms with Crippen LogP contribution in [0.5, 0.6) is 11.5 Å². The van der Waals surface area contributed by atoms with E-state index in [1.807, 2.05) is 6.07 Å². The fourth-order valence-corrected chi connectivity index (χ4v) is 5.34. The largest absolute Gasteiger partial charge is 0.495 e. The second-order valence-electron chi connectivity index (χ2n) is 8.04. The molecule has 1 aromatic heterocycles. The third kappa shape index (κ3) is 2.76. The van der Waals surface area contributed by atoms with Crippen molar-refractivity contribution in [3.05, 3.63) is 88.7 Å². The van der Waals surface area contributed by atoms with Crippen LogP contribution in [0.3, 0.4) is 0 Å². The number of hydrogen-bond acceptors (Lipinski definition) is 7. The van der Waals surface area contributed by atoms with E-state index < -0.39 is 34.8 Å². The summed E-state index contributed by atoms with van der Waals surface area (Å²) in [5, 5.41) is 12.6. The molecule has 2 aromatic carbocycles. The van der Waals surface area contributed by atoms with Gasteiger partial charge in [-0.15, -0.1) is 0 Å². The van der Waals surface area contributed by atoms with Crippen LogP contribution in [0.25, 0.3) is 0 Å². The molecule has 0 saturated heterocycles. The summed E-state index contributed by atoms with van der Waals surface area (Å²) >= 11 is 6.11. The fourth-order valence-electron chi connectivity index (χ4n) is 5.21. The van der Waals surface area contributed by atoms with Crippen LogP contribution in [-0.2, 0) is 25.5 Å². The summed E-state index contributed by atoms with van der Waals surface area (Å²) < 4.78 is 17.0. The molecule has 0 spiro atoms. The van der Waals surface area contributed by atoms with E-state index in [9.17, 15) is 14.7 Å². The number of methoxy groups -OCH3 is 2. The minimum absolute atomic E-state index is 0.0587. The van der Waals surface area contributed by atoms with Crippen molar-refractivity contribution in [1.29, 1.82) is 0 Å². The molecule has 3 aromatic rings. The van der Waals surface area contributed by atoms with Gasteiger partial charge in [0.1, 0.15) is 17.4 Å². The highest BCUT2D eigenvalue weighted by molar-refractivity contribution is 6.30. The van der Waals surface area contributed by atoms with Gasteiger partial charge in [0.25, 0.3) is 0 Å². The Balaban J connectivity index is 1.91. The highest BCUT2D eigenvalue weighted by atomic mass is 35.5. The summed E-state index contributed by atoms with van der Waals surface area (Å²) in [4.78, 5) is 31.7. The Morgan fingerprint density at radius 3 is 2.42 bits per heavy atom. The van der Waals surface area contributed by atoms with Gasteiger partial charge in [-0.05, 0) is 17.7 Å². The number of ketones is 1. The molecular weight excluding hydrogens is 446 g/mol. The first-order chi connectivity index (χ1) is 15.9. The molecule has 2 aliphatic rings. The van der Waals surface area contributed by atoms with Crippen LogP contribution in [0.2, 0.25) is 5.02 Å². The molecule has 0 radical (unpaired) electrons. The SMILES string of the molecule is COC(=O)[C@@H]1C(c2ccccc2)C2(c3ccc(Cl)cc3)Oc3cncc(OC)c3[C@@]1(O)C2=O. The molecular formula is C25H20ClNO6. The standard InChI is InChI=1S/C25H20ClNO6/c1-31-17-12-27-13-18-20(17)24(30)21(22(28)32-2)19(14-6-4-3-5-7-14)25(33-18,23(24)29)15-8-10-16(26)11-9-15/h3-13,19,21,30H,1-2H3/t19?,21-,24-,25?/m0/s1. The molecule has 1 N–H and O–H groups in total. The van der Waals surface area contributed by atoms with E-state index in [0.29, 0.717) is 16.1 Å². The van der Waals surface area contributed by atoms with Crippen molar-refractivity contribution in [3.63, 3.8) is 0 Å². The topological polar surface area (TPSA) is 95.0 Å². The van der Waals surface area contributed by atoms with Crippen LogP contribution in [0.15, 0.2) is 67.0 Å². The summed E-state index contributed by atoms with van der Waals surface area (Å²) in [6.45, 7) is 0. The molecule has 33 heavy (non-hydrogen) atoms. The number of ether oxygens (including phenoxy) is 3. The lowest BCUT2D eigenvalue weighted by Crippen LogP contribution is -2.51. The fraction of sp³-hybridized carbons (Fsp3) is 0.240. The molecule has 8 heteroatoms. The number of aliphatic hydroxyl groups is 1. The number of rotatable bonds is 4. The molecule has 2 heterocycles. The Kier molecular flexibility index (Phi) is 4.92. The number of pyridine rings is 1. The van der Waals surface area contributed by atoms with E-state index in [-0.39, 0.29) is 17.1 Å². The van der Waals surface area contributed by atoms with E-state index in [2.05, 4.69) is 4.98 Å². The van der Waals surface area contributed by atoms with Crippen molar-refractivity contribution in [2.45, 2.75) is 17.1 Å². The number of Topliss-reactive ketones (excluding diaryl/α,β-unsaturated/α-hetero) is 1. The number of hydrogen-bond donors (Lipinski definition) is 1. The molecule has 4 atom stereocenters. The lowest BCUT2D eigenvalue weighted by atomic mass is 9.75. The van der Waals surface area contributed by atoms with Crippen LogP contribution in [-0.4, -0.2) is 36.1 Å². The van der Waals surface area contributed by atoms with Gasteiger partial charge in [-0.2, -0.15) is 0 Å². The number of halogens is 1. The molecule has 1 saturated carbocycles.